The van der Waals surface area contributed by atoms with Crippen molar-refractivity contribution in [2.24, 2.45) is 11.8 Å². The largest absolute Gasteiger partial charge is 0.326 e. The molecule has 3 atom stereocenters. The summed E-state index contributed by atoms with van der Waals surface area (Å²) in [6, 6.07) is 6.34. The first-order chi connectivity index (χ1) is 9.56. The highest BCUT2D eigenvalue weighted by Gasteiger charge is 2.24. The number of aryl methyl sites for hydroxylation is 1. The predicted octanol–water partition coefficient (Wildman–Crippen LogP) is 5.08. The van der Waals surface area contributed by atoms with E-state index in [1.807, 2.05) is 6.92 Å². The number of imidazole rings is 1. The molecule has 3 unspecified atom stereocenters. The van der Waals surface area contributed by atoms with Gasteiger partial charge in [0.1, 0.15) is 5.82 Å². The normalized spacial score (nSPS) is 24.4. The van der Waals surface area contributed by atoms with Crippen LogP contribution in [0.1, 0.15) is 49.9 Å². The molecule has 3 rings (SSSR count). The topological polar surface area (TPSA) is 17.8 Å². The third kappa shape index (κ3) is 2.46. The summed E-state index contributed by atoms with van der Waals surface area (Å²) in [4.78, 5) is 4.77. The van der Waals surface area contributed by atoms with Crippen LogP contribution in [-0.4, -0.2) is 9.55 Å². The molecule has 1 aliphatic rings. The second kappa shape index (κ2) is 5.40. The van der Waals surface area contributed by atoms with Gasteiger partial charge in [0.05, 0.1) is 16.4 Å². The number of benzene rings is 1. The zero-order chi connectivity index (χ0) is 14.3. The van der Waals surface area contributed by atoms with Crippen molar-refractivity contribution in [3.8, 4) is 0 Å². The molecule has 20 heavy (non-hydrogen) atoms. The average molecular weight is 291 g/mol. The molecule has 2 nitrogen and oxygen atoms in total. The first-order valence-electron chi connectivity index (χ1n) is 7.66. The highest BCUT2D eigenvalue weighted by Crippen LogP contribution is 2.34. The Morgan fingerprint density at radius 1 is 1.40 bits per heavy atom. The smallest absolute Gasteiger partial charge is 0.127 e. The number of hydrogen-bond acceptors (Lipinski definition) is 1. The zero-order valence-corrected chi connectivity index (χ0v) is 13.3. The lowest BCUT2D eigenvalue weighted by Gasteiger charge is -2.16. The number of nitrogens with zero attached hydrogens (tertiary/aromatic N) is 2. The number of halogens is 1. The van der Waals surface area contributed by atoms with Gasteiger partial charge in [-0.2, -0.15) is 0 Å². The molecule has 3 heteroatoms. The summed E-state index contributed by atoms with van der Waals surface area (Å²) in [6.45, 7) is 7.62. The van der Waals surface area contributed by atoms with Crippen LogP contribution in [0.3, 0.4) is 0 Å². The van der Waals surface area contributed by atoms with E-state index >= 15 is 0 Å². The Labute approximate surface area is 126 Å². The number of para-hydroxylation sites is 1. The van der Waals surface area contributed by atoms with E-state index in [4.69, 9.17) is 16.6 Å². The van der Waals surface area contributed by atoms with Crippen LogP contribution in [0, 0.1) is 18.8 Å². The number of aromatic nitrogens is 2. The molecule has 0 amide bonds. The maximum absolute atomic E-state index is 6.36. The van der Waals surface area contributed by atoms with Gasteiger partial charge in [0.15, 0.2) is 0 Å². The van der Waals surface area contributed by atoms with Gasteiger partial charge in [-0.25, -0.2) is 4.98 Å². The first-order valence-corrected chi connectivity index (χ1v) is 8.09. The molecule has 0 bridgehead atoms. The van der Waals surface area contributed by atoms with Crippen molar-refractivity contribution in [3.63, 3.8) is 0 Å². The van der Waals surface area contributed by atoms with E-state index in [0.29, 0.717) is 0 Å². The summed E-state index contributed by atoms with van der Waals surface area (Å²) in [5.74, 6) is 2.67. The van der Waals surface area contributed by atoms with Crippen molar-refractivity contribution in [2.75, 3.05) is 0 Å². The van der Waals surface area contributed by atoms with Crippen LogP contribution in [0.2, 0.25) is 0 Å². The minimum absolute atomic E-state index is 0.0411. The average Bonchev–Trinajstić information content (AvgIpc) is 2.95. The quantitative estimate of drug-likeness (QED) is 0.721. The highest BCUT2D eigenvalue weighted by atomic mass is 35.5. The van der Waals surface area contributed by atoms with Crippen LogP contribution in [0.5, 0.6) is 0 Å². The predicted molar refractivity (Wildman–Crippen MR) is 85.2 cm³/mol. The summed E-state index contributed by atoms with van der Waals surface area (Å²) >= 11 is 6.36. The Balaban J connectivity index is 2.04. The van der Waals surface area contributed by atoms with E-state index in [1.165, 1.54) is 30.3 Å². The lowest BCUT2D eigenvalue weighted by atomic mass is 10.1. The molecule has 108 valence electrons. The number of alkyl halides is 1. The van der Waals surface area contributed by atoms with Gasteiger partial charge >= 0.3 is 0 Å². The van der Waals surface area contributed by atoms with Gasteiger partial charge in [0, 0.05) is 6.54 Å². The second-order valence-electron chi connectivity index (χ2n) is 6.42. The van der Waals surface area contributed by atoms with E-state index in [-0.39, 0.29) is 5.38 Å². The van der Waals surface area contributed by atoms with Crippen molar-refractivity contribution in [3.05, 3.63) is 29.6 Å². The van der Waals surface area contributed by atoms with Crippen LogP contribution in [-0.2, 0) is 6.54 Å². The third-order valence-electron chi connectivity index (χ3n) is 4.60. The fourth-order valence-electron chi connectivity index (χ4n) is 3.62. The van der Waals surface area contributed by atoms with Gasteiger partial charge in [-0.3, -0.25) is 0 Å². The Kier molecular flexibility index (Phi) is 3.76. The van der Waals surface area contributed by atoms with Crippen LogP contribution >= 0.6 is 11.6 Å². The minimum atomic E-state index is -0.0411. The molecule has 0 radical (unpaired) electrons. The van der Waals surface area contributed by atoms with E-state index in [2.05, 4.69) is 36.6 Å². The number of hydrogen-bond donors (Lipinski definition) is 0. The molecule has 1 fully saturated rings. The molecule has 2 aromatic rings. The number of rotatable bonds is 3. The van der Waals surface area contributed by atoms with Gasteiger partial charge in [0.25, 0.3) is 0 Å². The van der Waals surface area contributed by atoms with Crippen molar-refractivity contribution < 1.29 is 0 Å². The van der Waals surface area contributed by atoms with Gasteiger partial charge in [-0.1, -0.05) is 25.5 Å². The van der Waals surface area contributed by atoms with E-state index < -0.39 is 0 Å². The fraction of sp³-hybridized carbons (Fsp3) is 0.588. The summed E-state index contributed by atoms with van der Waals surface area (Å²) in [7, 11) is 0. The van der Waals surface area contributed by atoms with Crippen LogP contribution in [0.4, 0.5) is 0 Å². The summed E-state index contributed by atoms with van der Waals surface area (Å²) < 4.78 is 2.38. The van der Waals surface area contributed by atoms with Crippen LogP contribution < -0.4 is 0 Å². The van der Waals surface area contributed by atoms with Crippen molar-refractivity contribution >= 4 is 22.6 Å². The third-order valence-corrected chi connectivity index (χ3v) is 4.79. The highest BCUT2D eigenvalue weighted by molar-refractivity contribution is 6.20. The SMILES string of the molecule is Cc1cccc2nc(C(C)Cl)n(CC3CCC(C)C3)c12. The molecule has 1 saturated carbocycles. The first kappa shape index (κ1) is 13.9. The molecule has 0 aliphatic heterocycles. The minimum Gasteiger partial charge on any atom is -0.326 e. The molecule has 0 saturated heterocycles. The van der Waals surface area contributed by atoms with Crippen LogP contribution in [0.15, 0.2) is 18.2 Å². The standard InChI is InChI=1S/C17H23ClN2/c1-11-7-8-14(9-11)10-20-16-12(2)5-4-6-15(16)19-17(20)13(3)18/h4-6,11,13-14H,7-10H2,1-3H3. The van der Waals surface area contributed by atoms with Gasteiger partial charge < -0.3 is 4.57 Å². The van der Waals surface area contributed by atoms with Crippen molar-refractivity contribution in [1.82, 2.24) is 9.55 Å². The lowest BCUT2D eigenvalue weighted by molar-refractivity contribution is 0.438. The maximum atomic E-state index is 6.36. The summed E-state index contributed by atoms with van der Waals surface area (Å²) in [5.41, 5.74) is 3.65. The molecule has 1 heterocycles. The maximum Gasteiger partial charge on any atom is 0.127 e. The molecular formula is C17H23ClN2. The van der Waals surface area contributed by atoms with Crippen molar-refractivity contribution in [1.29, 1.82) is 0 Å². The second-order valence-corrected chi connectivity index (χ2v) is 7.08. The van der Waals surface area contributed by atoms with Crippen LogP contribution in [0.25, 0.3) is 11.0 Å². The monoisotopic (exact) mass is 290 g/mol. The molecule has 0 spiro atoms. The molecular weight excluding hydrogens is 268 g/mol. The van der Waals surface area contributed by atoms with Gasteiger partial charge in [0.2, 0.25) is 0 Å². The van der Waals surface area contributed by atoms with Gasteiger partial charge in [-0.15, -0.1) is 11.6 Å². The van der Waals surface area contributed by atoms with Crippen molar-refractivity contribution in [2.45, 2.75) is 52.0 Å². The van der Waals surface area contributed by atoms with Gasteiger partial charge in [-0.05, 0) is 50.2 Å². The zero-order valence-electron chi connectivity index (χ0n) is 12.6. The number of fused-ring (bicyclic) bond motifs is 1. The van der Waals surface area contributed by atoms with E-state index in [9.17, 15) is 0 Å². The van der Waals surface area contributed by atoms with E-state index in [1.54, 1.807) is 0 Å². The molecule has 0 N–H and O–H groups in total. The Morgan fingerprint density at radius 3 is 2.85 bits per heavy atom. The Hall–Kier alpha value is -1.02. The lowest BCUT2D eigenvalue weighted by Crippen LogP contribution is -2.12. The van der Waals surface area contributed by atoms with E-state index in [0.717, 1.165) is 29.7 Å². The summed E-state index contributed by atoms with van der Waals surface area (Å²) in [5, 5.41) is -0.0411. The molecule has 1 aliphatic carbocycles. The summed E-state index contributed by atoms with van der Waals surface area (Å²) in [6.07, 6.45) is 4.03. The molecule has 1 aromatic heterocycles. The Morgan fingerprint density at radius 2 is 2.20 bits per heavy atom. The Bertz CT molecular complexity index is 615. The molecule has 1 aromatic carbocycles. The fourth-order valence-corrected chi connectivity index (χ4v) is 3.79.